The largest absolute Gasteiger partial charge is 0.380 e. The van der Waals surface area contributed by atoms with Crippen LogP contribution in [0.4, 0.5) is 0 Å². The molecule has 0 bridgehead atoms. The summed E-state index contributed by atoms with van der Waals surface area (Å²) in [6, 6.07) is 8.10. The highest BCUT2D eigenvalue weighted by Gasteiger charge is 2.51. The molecule has 1 aromatic rings. The molecule has 1 saturated carbocycles. The molecule has 1 aliphatic carbocycles. The average Bonchev–Trinajstić information content (AvgIpc) is 3.18. The van der Waals surface area contributed by atoms with Crippen LogP contribution >= 0.6 is 15.9 Å². The van der Waals surface area contributed by atoms with Crippen LogP contribution in [0.1, 0.15) is 32.3 Å². The van der Waals surface area contributed by atoms with E-state index in [-0.39, 0.29) is 17.4 Å². The number of halogens is 1. The predicted octanol–water partition coefficient (Wildman–Crippen LogP) is 3.02. The third kappa shape index (κ3) is 3.37. The number of hydrogen-bond donors (Lipinski definition) is 1. The van der Waals surface area contributed by atoms with Gasteiger partial charge in [-0.3, -0.25) is 4.79 Å². The second-order valence-electron chi connectivity index (χ2n) is 5.12. The van der Waals surface area contributed by atoms with Gasteiger partial charge in [0.25, 0.3) is 0 Å². The Bertz CT molecular complexity index is 440. The quantitative estimate of drug-likeness (QED) is 0.873. The Hall–Kier alpha value is -0.870. The molecular formula is C15H20BrNO2. The first kappa shape index (κ1) is 14.5. The zero-order chi connectivity index (χ0) is 13.9. The lowest BCUT2D eigenvalue weighted by Gasteiger charge is -2.20. The first-order chi connectivity index (χ1) is 9.08. The second kappa shape index (κ2) is 6.06. The molecule has 2 rings (SSSR count). The standard InChI is InChI=1S/C15H20BrNO2/c1-3-19-10-11(2)17-14(18)15(8-9-15)12-4-6-13(16)7-5-12/h4-7,11H,3,8-10H2,1-2H3,(H,17,18)/t11-/m0/s1. The maximum absolute atomic E-state index is 12.4. The summed E-state index contributed by atoms with van der Waals surface area (Å²) < 4.78 is 6.37. The number of hydrogen-bond acceptors (Lipinski definition) is 2. The van der Waals surface area contributed by atoms with Crippen molar-refractivity contribution in [3.8, 4) is 0 Å². The number of nitrogens with one attached hydrogen (secondary N) is 1. The van der Waals surface area contributed by atoms with E-state index >= 15 is 0 Å². The van der Waals surface area contributed by atoms with E-state index < -0.39 is 0 Å². The molecule has 0 spiro atoms. The summed E-state index contributed by atoms with van der Waals surface area (Å²) in [6.07, 6.45) is 1.86. The Balaban J connectivity index is 2.00. The number of carbonyl (C=O) groups excluding carboxylic acids is 1. The molecule has 0 aromatic heterocycles. The van der Waals surface area contributed by atoms with Crippen molar-refractivity contribution in [1.82, 2.24) is 5.32 Å². The molecule has 104 valence electrons. The van der Waals surface area contributed by atoms with Gasteiger partial charge in [-0.1, -0.05) is 28.1 Å². The van der Waals surface area contributed by atoms with Crippen LogP contribution < -0.4 is 5.32 Å². The van der Waals surface area contributed by atoms with Crippen molar-refractivity contribution in [1.29, 1.82) is 0 Å². The maximum atomic E-state index is 12.4. The van der Waals surface area contributed by atoms with E-state index in [1.165, 1.54) is 0 Å². The van der Waals surface area contributed by atoms with Crippen LogP contribution in [-0.4, -0.2) is 25.2 Å². The maximum Gasteiger partial charge on any atom is 0.230 e. The molecule has 1 aliphatic rings. The summed E-state index contributed by atoms with van der Waals surface area (Å²) >= 11 is 3.42. The zero-order valence-electron chi connectivity index (χ0n) is 11.4. The topological polar surface area (TPSA) is 38.3 Å². The lowest BCUT2D eigenvalue weighted by Crippen LogP contribution is -2.42. The van der Waals surface area contributed by atoms with E-state index in [1.807, 2.05) is 38.1 Å². The molecule has 1 amide bonds. The van der Waals surface area contributed by atoms with Crippen LogP contribution in [0.3, 0.4) is 0 Å². The fourth-order valence-corrected chi connectivity index (χ4v) is 2.50. The Labute approximate surface area is 122 Å². The van der Waals surface area contributed by atoms with Gasteiger partial charge in [0.15, 0.2) is 0 Å². The molecule has 1 aromatic carbocycles. The first-order valence-electron chi connectivity index (χ1n) is 6.73. The molecule has 3 nitrogen and oxygen atoms in total. The van der Waals surface area contributed by atoms with Gasteiger partial charge in [-0.2, -0.15) is 0 Å². The first-order valence-corrected chi connectivity index (χ1v) is 7.52. The fourth-order valence-electron chi connectivity index (χ4n) is 2.24. The summed E-state index contributed by atoms with van der Waals surface area (Å²) in [5, 5.41) is 3.05. The number of ether oxygens (including phenoxy) is 1. The Kier molecular flexibility index (Phi) is 4.63. The summed E-state index contributed by atoms with van der Waals surface area (Å²) in [5.74, 6) is 0.127. The van der Waals surface area contributed by atoms with E-state index in [9.17, 15) is 4.79 Å². The Morgan fingerprint density at radius 2 is 2.05 bits per heavy atom. The molecule has 0 unspecified atom stereocenters. The molecule has 1 N–H and O–H groups in total. The smallest absolute Gasteiger partial charge is 0.230 e. The summed E-state index contributed by atoms with van der Waals surface area (Å²) in [4.78, 5) is 12.4. The van der Waals surface area contributed by atoms with Crippen molar-refractivity contribution in [3.05, 3.63) is 34.3 Å². The monoisotopic (exact) mass is 325 g/mol. The number of carbonyl (C=O) groups is 1. The van der Waals surface area contributed by atoms with Crippen molar-refractivity contribution in [3.63, 3.8) is 0 Å². The number of benzene rings is 1. The van der Waals surface area contributed by atoms with Gasteiger partial charge in [0.2, 0.25) is 5.91 Å². The van der Waals surface area contributed by atoms with Gasteiger partial charge in [0, 0.05) is 17.1 Å². The van der Waals surface area contributed by atoms with Crippen LogP contribution in [0.5, 0.6) is 0 Å². The van der Waals surface area contributed by atoms with Crippen LogP contribution in [0.15, 0.2) is 28.7 Å². The van der Waals surface area contributed by atoms with Gasteiger partial charge in [-0.05, 0) is 44.4 Å². The highest BCUT2D eigenvalue weighted by atomic mass is 79.9. The van der Waals surface area contributed by atoms with Crippen LogP contribution in [-0.2, 0) is 14.9 Å². The van der Waals surface area contributed by atoms with Gasteiger partial charge in [0.05, 0.1) is 12.0 Å². The third-order valence-corrected chi connectivity index (χ3v) is 4.06. The molecule has 0 heterocycles. The minimum Gasteiger partial charge on any atom is -0.380 e. The van der Waals surface area contributed by atoms with Crippen molar-refractivity contribution in [2.24, 2.45) is 0 Å². The molecule has 4 heteroatoms. The van der Waals surface area contributed by atoms with Gasteiger partial charge < -0.3 is 10.1 Å². The SMILES string of the molecule is CCOC[C@H](C)NC(=O)C1(c2ccc(Br)cc2)CC1. The zero-order valence-corrected chi connectivity index (χ0v) is 13.0. The van der Waals surface area contributed by atoms with Gasteiger partial charge >= 0.3 is 0 Å². The van der Waals surface area contributed by atoms with Crippen LogP contribution in [0.25, 0.3) is 0 Å². The lowest BCUT2D eigenvalue weighted by molar-refractivity contribution is -0.124. The number of rotatable bonds is 6. The Morgan fingerprint density at radius 3 is 2.58 bits per heavy atom. The van der Waals surface area contributed by atoms with E-state index in [2.05, 4.69) is 21.2 Å². The van der Waals surface area contributed by atoms with Crippen molar-refractivity contribution < 1.29 is 9.53 Å². The third-order valence-electron chi connectivity index (χ3n) is 3.53. The molecule has 19 heavy (non-hydrogen) atoms. The highest BCUT2D eigenvalue weighted by Crippen LogP contribution is 2.48. The van der Waals surface area contributed by atoms with Crippen LogP contribution in [0.2, 0.25) is 0 Å². The minimum atomic E-state index is -0.304. The van der Waals surface area contributed by atoms with Crippen molar-refractivity contribution in [2.75, 3.05) is 13.2 Å². The van der Waals surface area contributed by atoms with E-state index in [4.69, 9.17) is 4.74 Å². The molecular weight excluding hydrogens is 306 g/mol. The molecule has 0 saturated heterocycles. The van der Waals surface area contributed by atoms with Gasteiger partial charge in [-0.15, -0.1) is 0 Å². The molecule has 1 atom stereocenters. The van der Waals surface area contributed by atoms with E-state index in [0.29, 0.717) is 13.2 Å². The summed E-state index contributed by atoms with van der Waals surface area (Å²) in [6.45, 7) is 5.18. The normalized spacial score (nSPS) is 17.8. The molecule has 0 radical (unpaired) electrons. The Morgan fingerprint density at radius 1 is 1.42 bits per heavy atom. The van der Waals surface area contributed by atoms with E-state index in [1.54, 1.807) is 0 Å². The highest BCUT2D eigenvalue weighted by molar-refractivity contribution is 9.10. The van der Waals surface area contributed by atoms with Crippen molar-refractivity contribution in [2.45, 2.75) is 38.1 Å². The molecule has 0 aliphatic heterocycles. The van der Waals surface area contributed by atoms with Crippen molar-refractivity contribution >= 4 is 21.8 Å². The predicted molar refractivity (Wildman–Crippen MR) is 79.2 cm³/mol. The molecule has 1 fully saturated rings. The fraction of sp³-hybridized carbons (Fsp3) is 0.533. The second-order valence-corrected chi connectivity index (χ2v) is 6.04. The van der Waals surface area contributed by atoms with Gasteiger partial charge in [-0.25, -0.2) is 0 Å². The minimum absolute atomic E-state index is 0.0559. The van der Waals surface area contributed by atoms with Crippen LogP contribution in [0, 0.1) is 0 Å². The van der Waals surface area contributed by atoms with Gasteiger partial charge in [0.1, 0.15) is 0 Å². The lowest BCUT2D eigenvalue weighted by atomic mass is 9.95. The van der Waals surface area contributed by atoms with E-state index in [0.717, 1.165) is 22.9 Å². The summed E-state index contributed by atoms with van der Waals surface area (Å²) in [7, 11) is 0. The average molecular weight is 326 g/mol. The number of amides is 1. The summed E-state index contributed by atoms with van der Waals surface area (Å²) in [5.41, 5.74) is 0.804.